The quantitative estimate of drug-likeness (QED) is 0.594. The molecule has 0 amide bonds. The van der Waals surface area contributed by atoms with Gasteiger partial charge in [-0.2, -0.15) is 0 Å². The van der Waals surface area contributed by atoms with Gasteiger partial charge in [0.1, 0.15) is 0 Å². The minimum atomic E-state index is 0.0598. The molecule has 0 saturated heterocycles. The maximum Gasteiger partial charge on any atom is 0.0985 e. The van der Waals surface area contributed by atoms with E-state index in [1.807, 2.05) is 0 Å². The molecule has 1 rings (SSSR count). The third-order valence-corrected chi connectivity index (χ3v) is 2.40. The van der Waals surface area contributed by atoms with Crippen LogP contribution in [0.3, 0.4) is 0 Å². The van der Waals surface area contributed by atoms with Crippen LogP contribution in [0.15, 0.2) is 11.9 Å². The molecule has 0 fully saturated rings. The van der Waals surface area contributed by atoms with Gasteiger partial charge in [0.25, 0.3) is 0 Å². The summed E-state index contributed by atoms with van der Waals surface area (Å²) in [7, 11) is 0. The summed E-state index contributed by atoms with van der Waals surface area (Å²) in [5, 5.41) is 0. The van der Waals surface area contributed by atoms with E-state index in [2.05, 4.69) is 18.7 Å². The number of rotatable bonds is 2. The molecule has 0 aromatic rings. The van der Waals surface area contributed by atoms with Crippen LogP contribution < -0.4 is 0 Å². The zero-order chi connectivity index (χ0) is 8.27. The van der Waals surface area contributed by atoms with Crippen LogP contribution in [-0.2, 0) is 0 Å². The Kier molecular flexibility index (Phi) is 3.06. The van der Waals surface area contributed by atoms with Crippen molar-refractivity contribution in [2.45, 2.75) is 32.7 Å². The predicted octanol–water partition coefficient (Wildman–Crippen LogP) is 2.34. The van der Waals surface area contributed by atoms with Gasteiger partial charge in [0, 0.05) is 25.6 Å². The van der Waals surface area contributed by atoms with Crippen molar-refractivity contribution in [3.8, 4) is 0 Å². The highest BCUT2D eigenvalue weighted by Gasteiger charge is 2.15. The standard InChI is InChI=1S/C9H16FN/c1-3-8(2)11-6-4-9(10)5-7-11/h4,8H,3,5-7H2,1-2H3. The van der Waals surface area contributed by atoms with Gasteiger partial charge in [-0.25, -0.2) is 4.39 Å². The molecule has 0 saturated carbocycles. The third-order valence-electron chi connectivity index (χ3n) is 2.40. The van der Waals surface area contributed by atoms with Gasteiger partial charge in [-0.3, -0.25) is 4.90 Å². The van der Waals surface area contributed by atoms with E-state index in [1.54, 1.807) is 6.08 Å². The zero-order valence-electron chi connectivity index (χ0n) is 7.31. The Hall–Kier alpha value is -0.370. The number of halogens is 1. The highest BCUT2D eigenvalue weighted by atomic mass is 19.1. The Bertz CT molecular complexity index is 154. The van der Waals surface area contributed by atoms with Crippen LogP contribution in [0, 0.1) is 0 Å². The lowest BCUT2D eigenvalue weighted by atomic mass is 10.1. The topological polar surface area (TPSA) is 3.24 Å². The van der Waals surface area contributed by atoms with Crippen molar-refractivity contribution in [1.29, 1.82) is 0 Å². The van der Waals surface area contributed by atoms with Gasteiger partial charge in [-0.1, -0.05) is 6.92 Å². The second-order valence-electron chi connectivity index (χ2n) is 3.15. The maximum atomic E-state index is 12.6. The molecule has 2 heteroatoms. The van der Waals surface area contributed by atoms with Crippen molar-refractivity contribution < 1.29 is 4.39 Å². The van der Waals surface area contributed by atoms with Crippen LogP contribution >= 0.6 is 0 Å². The minimum Gasteiger partial charge on any atom is -0.297 e. The van der Waals surface area contributed by atoms with Gasteiger partial charge in [-0.15, -0.1) is 0 Å². The summed E-state index contributed by atoms with van der Waals surface area (Å²) in [6.07, 6.45) is 3.44. The largest absolute Gasteiger partial charge is 0.297 e. The lowest BCUT2D eigenvalue weighted by molar-refractivity contribution is 0.211. The molecule has 11 heavy (non-hydrogen) atoms. The van der Waals surface area contributed by atoms with Gasteiger partial charge >= 0.3 is 0 Å². The van der Waals surface area contributed by atoms with Gasteiger partial charge in [-0.05, 0) is 19.4 Å². The SMILES string of the molecule is CCC(C)N1CC=C(F)CC1. The molecule has 1 atom stereocenters. The second kappa shape index (κ2) is 3.86. The molecular weight excluding hydrogens is 141 g/mol. The monoisotopic (exact) mass is 157 g/mol. The Morgan fingerprint density at radius 3 is 2.91 bits per heavy atom. The molecule has 64 valence electrons. The number of nitrogens with zero attached hydrogens (tertiary/aromatic N) is 1. The Labute approximate surface area is 67.9 Å². The van der Waals surface area contributed by atoms with Crippen molar-refractivity contribution in [2.24, 2.45) is 0 Å². The van der Waals surface area contributed by atoms with E-state index in [0.717, 1.165) is 19.5 Å². The fourth-order valence-electron chi connectivity index (χ4n) is 1.32. The van der Waals surface area contributed by atoms with E-state index in [-0.39, 0.29) is 5.83 Å². The molecule has 0 aromatic carbocycles. The summed E-state index contributed by atoms with van der Waals surface area (Å²) in [6, 6.07) is 0.597. The zero-order valence-corrected chi connectivity index (χ0v) is 7.31. The molecular formula is C9H16FN. The van der Waals surface area contributed by atoms with Crippen molar-refractivity contribution in [3.05, 3.63) is 11.9 Å². The van der Waals surface area contributed by atoms with E-state index in [0.29, 0.717) is 12.5 Å². The van der Waals surface area contributed by atoms with Crippen molar-refractivity contribution in [2.75, 3.05) is 13.1 Å². The molecule has 1 aliphatic heterocycles. The number of hydrogen-bond donors (Lipinski definition) is 0. The van der Waals surface area contributed by atoms with Gasteiger partial charge in [0.2, 0.25) is 0 Å². The van der Waals surface area contributed by atoms with E-state index in [9.17, 15) is 4.39 Å². The van der Waals surface area contributed by atoms with E-state index < -0.39 is 0 Å². The summed E-state index contributed by atoms with van der Waals surface area (Å²) in [6.45, 7) is 6.04. The first-order chi connectivity index (χ1) is 5.24. The fraction of sp³-hybridized carbons (Fsp3) is 0.778. The molecule has 0 aliphatic carbocycles. The first-order valence-corrected chi connectivity index (χ1v) is 4.32. The van der Waals surface area contributed by atoms with Gasteiger partial charge < -0.3 is 0 Å². The molecule has 1 nitrogen and oxygen atoms in total. The molecule has 1 heterocycles. The van der Waals surface area contributed by atoms with Crippen LogP contribution in [0.1, 0.15) is 26.7 Å². The Balaban J connectivity index is 2.40. The predicted molar refractivity (Wildman–Crippen MR) is 45.1 cm³/mol. The molecule has 1 aliphatic rings. The smallest absolute Gasteiger partial charge is 0.0985 e. The molecule has 0 N–H and O–H groups in total. The fourth-order valence-corrected chi connectivity index (χ4v) is 1.32. The van der Waals surface area contributed by atoms with E-state index >= 15 is 0 Å². The third kappa shape index (κ3) is 2.29. The van der Waals surface area contributed by atoms with Crippen molar-refractivity contribution >= 4 is 0 Å². The summed E-state index contributed by atoms with van der Waals surface area (Å²) in [5.41, 5.74) is 0. The molecule has 0 bridgehead atoms. The average molecular weight is 157 g/mol. The lowest BCUT2D eigenvalue weighted by Gasteiger charge is -2.29. The van der Waals surface area contributed by atoms with Gasteiger partial charge in [0.15, 0.2) is 0 Å². The maximum absolute atomic E-state index is 12.6. The van der Waals surface area contributed by atoms with E-state index in [1.165, 1.54) is 0 Å². The minimum absolute atomic E-state index is 0.0598. The Morgan fingerprint density at radius 2 is 2.45 bits per heavy atom. The van der Waals surface area contributed by atoms with Crippen LogP contribution in [0.5, 0.6) is 0 Å². The summed E-state index contributed by atoms with van der Waals surface area (Å²) in [5.74, 6) is 0.0598. The molecule has 0 spiro atoms. The summed E-state index contributed by atoms with van der Waals surface area (Å²) < 4.78 is 12.6. The molecule has 1 unspecified atom stereocenters. The lowest BCUT2D eigenvalue weighted by Crippen LogP contribution is -2.35. The average Bonchev–Trinajstić information content (AvgIpc) is 2.05. The normalized spacial score (nSPS) is 23.0. The molecule has 0 radical (unpaired) electrons. The Morgan fingerprint density at radius 1 is 1.73 bits per heavy atom. The highest BCUT2D eigenvalue weighted by Crippen LogP contribution is 2.14. The first-order valence-electron chi connectivity index (χ1n) is 4.32. The number of hydrogen-bond acceptors (Lipinski definition) is 1. The van der Waals surface area contributed by atoms with Crippen LogP contribution in [0.2, 0.25) is 0 Å². The summed E-state index contributed by atoms with van der Waals surface area (Å²) >= 11 is 0. The highest BCUT2D eigenvalue weighted by molar-refractivity contribution is 4.99. The molecule has 0 aromatic heterocycles. The van der Waals surface area contributed by atoms with E-state index in [4.69, 9.17) is 0 Å². The van der Waals surface area contributed by atoms with Gasteiger partial charge in [0.05, 0.1) is 5.83 Å². The second-order valence-corrected chi connectivity index (χ2v) is 3.15. The van der Waals surface area contributed by atoms with Crippen molar-refractivity contribution in [3.63, 3.8) is 0 Å². The van der Waals surface area contributed by atoms with Crippen LogP contribution in [-0.4, -0.2) is 24.0 Å². The van der Waals surface area contributed by atoms with Crippen LogP contribution in [0.25, 0.3) is 0 Å². The first kappa shape index (κ1) is 8.72. The van der Waals surface area contributed by atoms with Crippen molar-refractivity contribution in [1.82, 2.24) is 4.90 Å². The summed E-state index contributed by atoms with van der Waals surface area (Å²) in [4.78, 5) is 2.31. The van der Waals surface area contributed by atoms with Crippen LogP contribution in [0.4, 0.5) is 4.39 Å².